The van der Waals surface area contributed by atoms with Gasteiger partial charge in [0, 0.05) is 23.3 Å². The topological polar surface area (TPSA) is 103 Å². The van der Waals surface area contributed by atoms with Crippen molar-refractivity contribution in [1.82, 2.24) is 5.43 Å². The number of ether oxygens (including phenoxy) is 2. The fourth-order valence-corrected chi connectivity index (χ4v) is 1.99. The summed E-state index contributed by atoms with van der Waals surface area (Å²) >= 11 is 0. The van der Waals surface area contributed by atoms with Crippen LogP contribution >= 0.6 is 0 Å². The molecule has 0 aromatic heterocycles. The highest BCUT2D eigenvalue weighted by Gasteiger charge is 2.11. The average Bonchev–Trinajstić information content (AvgIpc) is 2.66. The van der Waals surface area contributed by atoms with Crippen LogP contribution in [0.2, 0.25) is 0 Å². The standard InChI is InChI=1S/C18H15N3O5/c1-3-9-26-17-8-7-15(21(23)24)10-14(17)12-19-20-18(22)13-5-4-6-16(11-13)25-2/h1,4-8,10-12H,9H2,2H3,(H,20,22)/b19-12-. The van der Waals surface area contributed by atoms with Gasteiger partial charge in [0.05, 0.1) is 18.2 Å². The Morgan fingerprint density at radius 1 is 1.38 bits per heavy atom. The van der Waals surface area contributed by atoms with Crippen LogP contribution in [0.5, 0.6) is 11.5 Å². The third-order valence-electron chi connectivity index (χ3n) is 3.22. The number of hydrazone groups is 1. The zero-order chi connectivity index (χ0) is 18.9. The SMILES string of the molecule is C#CCOc1ccc([N+](=O)[O-])cc1/C=N\NC(=O)c1cccc(OC)c1. The fraction of sp³-hybridized carbons (Fsp3) is 0.111. The number of carbonyl (C=O) groups excluding carboxylic acids is 1. The zero-order valence-electron chi connectivity index (χ0n) is 13.8. The first-order valence-electron chi connectivity index (χ1n) is 7.37. The third kappa shape index (κ3) is 4.82. The molecule has 8 heteroatoms. The molecule has 0 spiro atoms. The van der Waals surface area contributed by atoms with Gasteiger partial charge in [0.15, 0.2) is 0 Å². The van der Waals surface area contributed by atoms with Gasteiger partial charge in [0.1, 0.15) is 18.1 Å². The second-order valence-electron chi connectivity index (χ2n) is 4.90. The van der Waals surface area contributed by atoms with Gasteiger partial charge >= 0.3 is 0 Å². The summed E-state index contributed by atoms with van der Waals surface area (Å²) in [5.41, 5.74) is 2.86. The van der Waals surface area contributed by atoms with Gasteiger partial charge < -0.3 is 9.47 Å². The van der Waals surface area contributed by atoms with E-state index >= 15 is 0 Å². The van der Waals surface area contributed by atoms with Crippen molar-refractivity contribution < 1.29 is 19.2 Å². The monoisotopic (exact) mass is 353 g/mol. The molecule has 2 rings (SSSR count). The summed E-state index contributed by atoms with van der Waals surface area (Å²) in [7, 11) is 1.50. The van der Waals surface area contributed by atoms with Crippen LogP contribution in [-0.2, 0) is 0 Å². The number of benzene rings is 2. The molecule has 26 heavy (non-hydrogen) atoms. The minimum Gasteiger partial charge on any atom is -0.497 e. The number of terminal acetylenes is 1. The number of nitrogens with zero attached hydrogens (tertiary/aromatic N) is 2. The molecule has 0 unspecified atom stereocenters. The molecule has 1 amide bonds. The minimum absolute atomic E-state index is 0.00514. The lowest BCUT2D eigenvalue weighted by molar-refractivity contribution is -0.384. The number of methoxy groups -OCH3 is 1. The number of amides is 1. The van der Waals surface area contributed by atoms with E-state index in [0.717, 1.165) is 0 Å². The van der Waals surface area contributed by atoms with Gasteiger partial charge in [-0.2, -0.15) is 5.10 Å². The number of nitrogens with one attached hydrogen (secondary N) is 1. The van der Waals surface area contributed by atoms with Gasteiger partial charge in [-0.05, 0) is 24.3 Å². The quantitative estimate of drug-likeness (QED) is 0.356. The van der Waals surface area contributed by atoms with Crippen molar-refractivity contribution in [2.75, 3.05) is 13.7 Å². The first-order chi connectivity index (χ1) is 12.5. The Bertz CT molecular complexity index is 887. The highest BCUT2D eigenvalue weighted by atomic mass is 16.6. The maximum atomic E-state index is 12.1. The molecular weight excluding hydrogens is 338 g/mol. The van der Waals surface area contributed by atoms with Crippen molar-refractivity contribution in [3.05, 3.63) is 63.7 Å². The van der Waals surface area contributed by atoms with E-state index in [9.17, 15) is 14.9 Å². The number of rotatable bonds is 7. The van der Waals surface area contributed by atoms with Gasteiger partial charge in [-0.1, -0.05) is 12.0 Å². The number of nitro groups is 1. The summed E-state index contributed by atoms with van der Waals surface area (Å²) in [4.78, 5) is 22.5. The number of nitro benzene ring substituents is 1. The van der Waals surface area contributed by atoms with Gasteiger partial charge in [0.2, 0.25) is 0 Å². The molecule has 2 aromatic rings. The molecule has 0 aliphatic rings. The molecule has 2 aromatic carbocycles. The van der Waals surface area contributed by atoms with Gasteiger partial charge in [-0.25, -0.2) is 5.43 Å². The normalized spacial score (nSPS) is 10.2. The van der Waals surface area contributed by atoms with Crippen LogP contribution in [0.15, 0.2) is 47.6 Å². The smallest absolute Gasteiger partial charge is 0.271 e. The highest BCUT2D eigenvalue weighted by molar-refractivity contribution is 5.95. The first-order valence-corrected chi connectivity index (χ1v) is 7.37. The lowest BCUT2D eigenvalue weighted by Crippen LogP contribution is -2.17. The number of non-ortho nitro benzene ring substituents is 1. The van der Waals surface area contributed by atoms with Crippen molar-refractivity contribution in [2.24, 2.45) is 5.10 Å². The van der Waals surface area contributed by atoms with E-state index < -0.39 is 10.8 Å². The average molecular weight is 353 g/mol. The second kappa shape index (κ2) is 8.84. The number of hydrogen-bond acceptors (Lipinski definition) is 6. The fourth-order valence-electron chi connectivity index (χ4n) is 1.99. The zero-order valence-corrected chi connectivity index (χ0v) is 13.8. The van der Waals surface area contributed by atoms with Crippen LogP contribution in [0.25, 0.3) is 0 Å². The lowest BCUT2D eigenvalue weighted by Gasteiger charge is -2.06. The Kier molecular flexibility index (Phi) is 6.28. The summed E-state index contributed by atoms with van der Waals surface area (Å²) in [6.07, 6.45) is 6.40. The van der Waals surface area contributed by atoms with Crippen molar-refractivity contribution in [2.45, 2.75) is 0 Å². The van der Waals surface area contributed by atoms with Crippen LogP contribution in [0, 0.1) is 22.5 Å². The van der Waals surface area contributed by atoms with E-state index in [1.807, 2.05) is 0 Å². The predicted molar refractivity (Wildman–Crippen MR) is 95.5 cm³/mol. The summed E-state index contributed by atoms with van der Waals surface area (Å²) in [6, 6.07) is 10.5. The molecule has 8 nitrogen and oxygen atoms in total. The van der Waals surface area contributed by atoms with E-state index in [2.05, 4.69) is 16.4 Å². The van der Waals surface area contributed by atoms with Crippen molar-refractivity contribution in [3.8, 4) is 23.8 Å². The summed E-state index contributed by atoms with van der Waals surface area (Å²) in [6.45, 7) is -0.00514. The molecule has 0 aliphatic carbocycles. The Hall–Kier alpha value is -3.86. The molecule has 0 fully saturated rings. The second-order valence-corrected chi connectivity index (χ2v) is 4.90. The Morgan fingerprint density at radius 2 is 2.19 bits per heavy atom. The molecular formula is C18H15N3O5. The van der Waals surface area contributed by atoms with E-state index in [-0.39, 0.29) is 12.3 Å². The van der Waals surface area contributed by atoms with E-state index in [1.165, 1.54) is 31.5 Å². The highest BCUT2D eigenvalue weighted by Crippen LogP contribution is 2.22. The summed E-state index contributed by atoms with van der Waals surface area (Å²) < 4.78 is 10.4. The van der Waals surface area contributed by atoms with Gasteiger partial charge in [0.25, 0.3) is 11.6 Å². The Balaban J connectivity index is 2.17. The summed E-state index contributed by atoms with van der Waals surface area (Å²) in [5, 5.41) is 14.7. The Morgan fingerprint density at radius 3 is 2.88 bits per heavy atom. The Labute approximate surface area is 149 Å². The molecule has 0 radical (unpaired) electrons. The van der Waals surface area contributed by atoms with Crippen LogP contribution in [0.3, 0.4) is 0 Å². The number of hydrogen-bond donors (Lipinski definition) is 1. The third-order valence-corrected chi connectivity index (χ3v) is 3.22. The van der Waals surface area contributed by atoms with Crippen LogP contribution in [0.1, 0.15) is 15.9 Å². The van der Waals surface area contributed by atoms with Crippen molar-refractivity contribution >= 4 is 17.8 Å². The molecule has 0 aliphatic heterocycles. The molecule has 1 N–H and O–H groups in total. The molecule has 0 saturated heterocycles. The number of carbonyl (C=O) groups is 1. The van der Waals surface area contributed by atoms with Gasteiger partial charge in [-0.15, -0.1) is 6.42 Å². The van der Waals surface area contributed by atoms with Crippen LogP contribution in [0.4, 0.5) is 5.69 Å². The molecule has 0 saturated carbocycles. The van der Waals surface area contributed by atoms with Crippen LogP contribution in [-0.4, -0.2) is 30.8 Å². The minimum atomic E-state index is -0.545. The van der Waals surface area contributed by atoms with Gasteiger partial charge in [-0.3, -0.25) is 14.9 Å². The largest absolute Gasteiger partial charge is 0.497 e. The van der Waals surface area contributed by atoms with E-state index in [0.29, 0.717) is 22.6 Å². The molecule has 132 valence electrons. The molecule has 0 bridgehead atoms. The summed E-state index contributed by atoms with van der Waals surface area (Å²) in [5.74, 6) is 2.69. The van der Waals surface area contributed by atoms with Crippen molar-refractivity contribution in [1.29, 1.82) is 0 Å². The molecule has 0 atom stereocenters. The van der Waals surface area contributed by atoms with E-state index in [4.69, 9.17) is 15.9 Å². The lowest BCUT2D eigenvalue weighted by atomic mass is 10.2. The van der Waals surface area contributed by atoms with E-state index in [1.54, 1.807) is 24.3 Å². The first kappa shape index (κ1) is 18.5. The predicted octanol–water partition coefficient (Wildman–Crippen LogP) is 2.38. The molecule has 0 heterocycles. The van der Waals surface area contributed by atoms with Crippen molar-refractivity contribution in [3.63, 3.8) is 0 Å². The van der Waals surface area contributed by atoms with Crippen LogP contribution < -0.4 is 14.9 Å². The maximum Gasteiger partial charge on any atom is 0.271 e. The maximum absolute atomic E-state index is 12.1.